The summed E-state index contributed by atoms with van der Waals surface area (Å²) in [5.41, 5.74) is 1.76. The van der Waals surface area contributed by atoms with E-state index in [1.807, 2.05) is 81.8 Å². The standard InChI is InChI=1S/C41H69N2O7P/c1-5-6-7-8-9-10-11-12-13-14-15-16-17-18-19-26-32-47-37-40(50-51(45,46)49-33-31-43(2,3)4)35-42(34-38-27-22-20-23-28-38)41(44)48-36-39-29-24-21-25-30-39/h20-25,27-30,40H,5-19,26,31-37H2,1-4H3/p+1. The summed E-state index contributed by atoms with van der Waals surface area (Å²) in [6, 6.07) is 19.0. The van der Waals surface area contributed by atoms with E-state index in [4.69, 9.17) is 18.5 Å². The molecular formula is C41H70N2O7P+. The maximum absolute atomic E-state index is 13.4. The fourth-order valence-electron chi connectivity index (χ4n) is 5.80. The topological polar surface area (TPSA) is 94.5 Å². The zero-order valence-corrected chi connectivity index (χ0v) is 33.2. The molecule has 290 valence electrons. The van der Waals surface area contributed by atoms with E-state index < -0.39 is 20.0 Å². The Kier molecular flexibility index (Phi) is 24.1. The maximum Gasteiger partial charge on any atom is 0.472 e. The molecule has 2 aromatic carbocycles. The van der Waals surface area contributed by atoms with Gasteiger partial charge in [0.25, 0.3) is 0 Å². The fraction of sp³-hybridized carbons (Fsp3) is 0.683. The van der Waals surface area contributed by atoms with Crippen molar-refractivity contribution in [1.82, 2.24) is 4.90 Å². The SMILES string of the molecule is CCCCCCCCCCCCCCCCCCOCC(CN(Cc1ccccc1)C(=O)OCc1ccccc1)OP(=O)(O)OCC[N+](C)(C)C. The number of hydrogen-bond donors (Lipinski definition) is 1. The Morgan fingerprint density at radius 2 is 1.22 bits per heavy atom. The van der Waals surface area contributed by atoms with Crippen LogP contribution in [0.2, 0.25) is 0 Å². The van der Waals surface area contributed by atoms with Crippen molar-refractivity contribution in [2.75, 3.05) is 54.1 Å². The molecule has 0 fully saturated rings. The van der Waals surface area contributed by atoms with Crippen molar-refractivity contribution in [2.24, 2.45) is 0 Å². The fourth-order valence-corrected chi connectivity index (χ4v) is 6.67. The summed E-state index contributed by atoms with van der Waals surface area (Å²) in [4.78, 5) is 25.5. The number of carbonyl (C=O) groups excluding carboxylic acids is 1. The molecule has 2 aromatic rings. The average molecular weight is 734 g/mol. The van der Waals surface area contributed by atoms with Crippen molar-refractivity contribution in [3.05, 3.63) is 71.8 Å². The highest BCUT2D eigenvalue weighted by molar-refractivity contribution is 7.47. The van der Waals surface area contributed by atoms with E-state index in [1.54, 1.807) is 0 Å². The van der Waals surface area contributed by atoms with E-state index in [1.165, 1.54) is 94.8 Å². The van der Waals surface area contributed by atoms with E-state index in [9.17, 15) is 14.3 Å². The number of nitrogens with zero attached hydrogens (tertiary/aromatic N) is 2. The second-order valence-corrected chi connectivity index (χ2v) is 16.2. The van der Waals surface area contributed by atoms with E-state index in [0.29, 0.717) is 17.6 Å². The summed E-state index contributed by atoms with van der Waals surface area (Å²) in [6.07, 6.45) is 19.3. The monoisotopic (exact) mass is 733 g/mol. The zero-order chi connectivity index (χ0) is 37.0. The van der Waals surface area contributed by atoms with E-state index >= 15 is 0 Å². The molecule has 0 aliphatic rings. The van der Waals surface area contributed by atoms with Crippen LogP contribution in [0, 0.1) is 0 Å². The molecule has 2 atom stereocenters. The number of quaternary nitrogens is 1. The molecule has 0 spiro atoms. The van der Waals surface area contributed by atoms with Crippen LogP contribution in [0.15, 0.2) is 60.7 Å². The largest absolute Gasteiger partial charge is 0.472 e. The zero-order valence-electron chi connectivity index (χ0n) is 32.4. The average Bonchev–Trinajstić information content (AvgIpc) is 3.09. The van der Waals surface area contributed by atoms with E-state index in [-0.39, 0.29) is 32.9 Å². The summed E-state index contributed by atoms with van der Waals surface area (Å²) >= 11 is 0. The lowest BCUT2D eigenvalue weighted by atomic mass is 10.0. The second-order valence-electron chi connectivity index (χ2n) is 14.8. The second kappa shape index (κ2) is 27.4. The van der Waals surface area contributed by atoms with E-state index in [2.05, 4.69) is 6.92 Å². The van der Waals surface area contributed by atoms with Gasteiger partial charge in [0.1, 0.15) is 25.9 Å². The molecule has 0 heterocycles. The van der Waals surface area contributed by atoms with Crippen LogP contribution in [0.4, 0.5) is 4.79 Å². The van der Waals surface area contributed by atoms with Crippen molar-refractivity contribution in [1.29, 1.82) is 0 Å². The Bertz CT molecular complexity index is 1180. The van der Waals surface area contributed by atoms with Crippen LogP contribution in [0.3, 0.4) is 0 Å². The first-order valence-corrected chi connectivity index (χ1v) is 21.1. The number of carbonyl (C=O) groups is 1. The van der Waals surface area contributed by atoms with Gasteiger partial charge in [-0.25, -0.2) is 9.36 Å². The molecule has 0 bridgehead atoms. The molecule has 0 aliphatic heterocycles. The quantitative estimate of drug-likeness (QED) is 0.0468. The molecule has 2 unspecified atom stereocenters. The third kappa shape index (κ3) is 24.6. The Hall–Kier alpha value is -2.26. The van der Waals surface area contributed by atoms with Crippen LogP contribution in [-0.4, -0.2) is 80.5 Å². The molecule has 51 heavy (non-hydrogen) atoms. The van der Waals surface area contributed by atoms with Crippen LogP contribution in [0.5, 0.6) is 0 Å². The first-order valence-electron chi connectivity index (χ1n) is 19.6. The Balaban J connectivity index is 1.82. The number of amides is 1. The molecule has 2 rings (SSSR count). The molecule has 0 saturated carbocycles. The van der Waals surface area contributed by atoms with Crippen LogP contribution >= 0.6 is 7.82 Å². The lowest BCUT2D eigenvalue weighted by molar-refractivity contribution is -0.870. The number of phosphoric acid groups is 1. The predicted molar refractivity (Wildman–Crippen MR) is 207 cm³/mol. The highest BCUT2D eigenvalue weighted by atomic mass is 31.2. The third-order valence-corrected chi connectivity index (χ3v) is 9.92. The summed E-state index contributed by atoms with van der Waals surface area (Å²) in [5.74, 6) is 0. The van der Waals surface area contributed by atoms with Crippen LogP contribution in [0.25, 0.3) is 0 Å². The first kappa shape index (κ1) is 44.9. The predicted octanol–water partition coefficient (Wildman–Crippen LogP) is 10.3. The van der Waals surface area contributed by atoms with Gasteiger partial charge in [0, 0.05) is 13.2 Å². The van der Waals surface area contributed by atoms with Gasteiger partial charge in [0.2, 0.25) is 0 Å². The lowest BCUT2D eigenvalue weighted by Crippen LogP contribution is -2.40. The molecule has 9 nitrogen and oxygen atoms in total. The molecule has 1 N–H and O–H groups in total. The van der Waals surface area contributed by atoms with Crippen molar-refractivity contribution in [3.63, 3.8) is 0 Å². The Labute approximate surface area is 310 Å². The van der Waals surface area contributed by atoms with Gasteiger partial charge in [-0.05, 0) is 17.5 Å². The molecule has 0 aliphatic carbocycles. The van der Waals surface area contributed by atoms with Crippen LogP contribution in [0.1, 0.15) is 121 Å². The minimum atomic E-state index is -4.43. The van der Waals surface area contributed by atoms with Crippen molar-refractivity contribution < 1.29 is 37.3 Å². The lowest BCUT2D eigenvalue weighted by Gasteiger charge is -2.29. The van der Waals surface area contributed by atoms with Gasteiger partial charge < -0.3 is 23.8 Å². The molecule has 1 amide bonds. The molecule has 0 aromatic heterocycles. The summed E-state index contributed by atoms with van der Waals surface area (Å²) < 4.78 is 36.3. The van der Waals surface area contributed by atoms with E-state index in [0.717, 1.165) is 24.0 Å². The summed E-state index contributed by atoms with van der Waals surface area (Å²) in [5, 5.41) is 0. The number of likely N-dealkylation sites (N-methyl/N-ethyl adjacent to an activating group) is 1. The number of unbranched alkanes of at least 4 members (excludes halogenated alkanes) is 15. The van der Waals surface area contributed by atoms with Crippen molar-refractivity contribution in [2.45, 2.75) is 129 Å². The molecular weight excluding hydrogens is 663 g/mol. The van der Waals surface area contributed by atoms with Gasteiger partial charge in [0.15, 0.2) is 0 Å². The Morgan fingerprint density at radius 3 is 1.73 bits per heavy atom. The molecule has 10 heteroatoms. The van der Waals surface area contributed by atoms with Gasteiger partial charge in [-0.3, -0.25) is 9.05 Å². The number of hydrogen-bond acceptors (Lipinski definition) is 6. The summed E-state index contributed by atoms with van der Waals surface area (Å²) in [7, 11) is 1.50. The summed E-state index contributed by atoms with van der Waals surface area (Å²) in [6.45, 7) is 3.74. The highest BCUT2D eigenvalue weighted by Gasteiger charge is 2.31. The molecule has 0 radical (unpaired) electrons. The Morgan fingerprint density at radius 1 is 0.725 bits per heavy atom. The van der Waals surface area contributed by atoms with Gasteiger partial charge in [-0.1, -0.05) is 164 Å². The van der Waals surface area contributed by atoms with Crippen LogP contribution in [-0.2, 0) is 36.2 Å². The van der Waals surface area contributed by atoms with Crippen molar-refractivity contribution in [3.8, 4) is 0 Å². The third-order valence-electron chi connectivity index (χ3n) is 8.85. The smallest absolute Gasteiger partial charge is 0.445 e. The number of benzene rings is 2. The molecule has 0 saturated heterocycles. The minimum absolute atomic E-state index is 0.00921. The van der Waals surface area contributed by atoms with Gasteiger partial charge in [-0.15, -0.1) is 0 Å². The number of phosphoric ester groups is 1. The van der Waals surface area contributed by atoms with Gasteiger partial charge in [0.05, 0.1) is 34.3 Å². The van der Waals surface area contributed by atoms with Gasteiger partial charge in [-0.2, -0.15) is 0 Å². The van der Waals surface area contributed by atoms with Crippen molar-refractivity contribution >= 4 is 13.9 Å². The minimum Gasteiger partial charge on any atom is -0.445 e. The maximum atomic E-state index is 13.4. The van der Waals surface area contributed by atoms with Gasteiger partial charge >= 0.3 is 13.9 Å². The highest BCUT2D eigenvalue weighted by Crippen LogP contribution is 2.44. The van der Waals surface area contributed by atoms with Crippen LogP contribution < -0.4 is 0 Å². The normalized spacial score (nSPS) is 13.5. The first-order chi connectivity index (χ1) is 24.6. The number of rotatable bonds is 31. The number of ether oxygens (including phenoxy) is 2.